The van der Waals surface area contributed by atoms with Crippen LogP contribution in [0.1, 0.15) is 37.0 Å². The van der Waals surface area contributed by atoms with Crippen molar-refractivity contribution < 1.29 is 10.2 Å². The van der Waals surface area contributed by atoms with Crippen LogP contribution >= 0.6 is 0 Å². The van der Waals surface area contributed by atoms with Crippen molar-refractivity contribution in [3.63, 3.8) is 0 Å². The lowest BCUT2D eigenvalue weighted by atomic mass is 9.88. The molecule has 1 aromatic carbocycles. The number of fused-ring (bicyclic) bond motifs is 4. The van der Waals surface area contributed by atoms with Gasteiger partial charge in [-0.05, 0) is 31.5 Å². The van der Waals surface area contributed by atoms with Crippen LogP contribution in [-0.4, -0.2) is 19.8 Å². The Morgan fingerprint density at radius 2 is 2.07 bits per heavy atom. The number of rotatable bonds is 3. The first-order valence-corrected chi connectivity index (χ1v) is 8.95. The maximum Gasteiger partial charge on any atom is 0.257 e. The Balaban J connectivity index is 2.03. The van der Waals surface area contributed by atoms with E-state index in [9.17, 15) is 15.0 Å². The Bertz CT molecular complexity index is 1180. The van der Waals surface area contributed by atoms with Crippen LogP contribution in [0.3, 0.4) is 0 Å². The number of aromatic nitrogens is 2. The summed E-state index contributed by atoms with van der Waals surface area (Å²) in [6, 6.07) is 11.6. The van der Waals surface area contributed by atoms with Crippen molar-refractivity contribution in [1.29, 1.82) is 0 Å². The third-order valence-corrected chi connectivity index (χ3v) is 5.22. The van der Waals surface area contributed by atoms with Crippen molar-refractivity contribution in [3.05, 3.63) is 63.4 Å². The molecular weight excluding hydrogens is 340 g/mol. The van der Waals surface area contributed by atoms with Gasteiger partial charge in [-0.1, -0.05) is 31.0 Å². The van der Waals surface area contributed by atoms with E-state index in [1.807, 2.05) is 30.3 Å². The third kappa shape index (κ3) is 2.57. The molecule has 0 saturated heterocycles. The lowest BCUT2D eigenvalue weighted by Gasteiger charge is -2.24. The molecule has 0 amide bonds. The summed E-state index contributed by atoms with van der Waals surface area (Å²) in [5, 5.41) is 21.9. The van der Waals surface area contributed by atoms with Crippen molar-refractivity contribution in [1.82, 2.24) is 9.55 Å². The second kappa shape index (κ2) is 6.34. The first-order valence-electron chi connectivity index (χ1n) is 8.95. The number of hydrogen-bond acceptors (Lipinski definition) is 4. The highest BCUT2D eigenvalue weighted by atomic mass is 16.3. The Kier molecular flexibility index (Phi) is 4.11. The van der Waals surface area contributed by atoms with E-state index in [4.69, 9.17) is 4.98 Å². The van der Waals surface area contributed by atoms with Gasteiger partial charge in [0.2, 0.25) is 0 Å². The minimum absolute atomic E-state index is 0.184. The molecule has 0 bridgehead atoms. The first-order chi connectivity index (χ1) is 13.0. The van der Waals surface area contributed by atoms with Gasteiger partial charge < -0.3 is 14.8 Å². The molecule has 0 unspecified atom stereocenters. The Morgan fingerprint density at radius 3 is 2.78 bits per heavy atom. The first kappa shape index (κ1) is 17.5. The van der Waals surface area contributed by atoms with Crippen molar-refractivity contribution in [2.24, 2.45) is 0 Å². The fraction of sp³-hybridized carbons (Fsp3) is 0.273. The Labute approximate surface area is 156 Å². The topological polar surface area (TPSA) is 75.4 Å². The fourth-order valence-electron chi connectivity index (χ4n) is 3.79. The van der Waals surface area contributed by atoms with E-state index in [1.165, 1.54) is 0 Å². The smallest absolute Gasteiger partial charge is 0.257 e. The van der Waals surface area contributed by atoms with E-state index in [-0.39, 0.29) is 11.1 Å². The molecule has 0 radical (unpaired) electrons. The summed E-state index contributed by atoms with van der Waals surface area (Å²) in [7, 11) is 0. The second-order valence-corrected chi connectivity index (χ2v) is 6.75. The molecule has 136 valence electrons. The molecule has 0 aliphatic carbocycles. The molecule has 0 saturated carbocycles. The summed E-state index contributed by atoms with van der Waals surface area (Å²) >= 11 is 0. The van der Waals surface area contributed by atoms with Crippen LogP contribution in [0.2, 0.25) is 0 Å². The number of nitrogens with zero attached hydrogens (tertiary/aromatic N) is 2. The van der Waals surface area contributed by atoms with E-state index >= 15 is 0 Å². The lowest BCUT2D eigenvalue weighted by molar-refractivity contribution is 0.0927. The third-order valence-electron chi connectivity index (χ3n) is 5.22. The van der Waals surface area contributed by atoms with E-state index in [2.05, 4.69) is 11.8 Å². The quantitative estimate of drug-likeness (QED) is 0.551. The van der Waals surface area contributed by atoms with Crippen LogP contribution in [0.4, 0.5) is 0 Å². The van der Waals surface area contributed by atoms with Gasteiger partial charge in [-0.3, -0.25) is 4.79 Å². The summed E-state index contributed by atoms with van der Waals surface area (Å²) in [6.45, 7) is 3.39. The monoisotopic (exact) mass is 360 g/mol. The Morgan fingerprint density at radius 1 is 1.30 bits per heavy atom. The maximum absolute atomic E-state index is 13.1. The molecule has 3 aromatic rings. The predicted molar refractivity (Wildman–Crippen MR) is 104 cm³/mol. The highest BCUT2D eigenvalue weighted by Crippen LogP contribution is 2.35. The van der Waals surface area contributed by atoms with Crippen LogP contribution in [0.5, 0.6) is 0 Å². The largest absolute Gasteiger partial charge is 0.391 e. The van der Waals surface area contributed by atoms with Crippen molar-refractivity contribution in [2.45, 2.75) is 39.0 Å². The molecule has 2 aromatic heterocycles. The molecule has 3 heterocycles. The number of aliphatic hydroxyl groups is 2. The van der Waals surface area contributed by atoms with Gasteiger partial charge in [0.25, 0.3) is 5.56 Å². The van der Waals surface area contributed by atoms with E-state index < -0.39 is 12.2 Å². The zero-order valence-electron chi connectivity index (χ0n) is 15.3. The Hall–Kier alpha value is -2.94. The standard InChI is InChI=1S/C22H20N2O3/c1-3-9-22(27,4-2)17-11-19-20-15(12-24(19)21(26)16(17)13-25)10-14-7-5-6-8-18(14)23-20/h5-8,10-11,25,27H,4,12-13H2,1-2H3/t22-/m1/s1. The van der Waals surface area contributed by atoms with Gasteiger partial charge in [-0.15, -0.1) is 5.92 Å². The molecule has 2 N–H and O–H groups in total. The molecule has 5 nitrogen and oxygen atoms in total. The van der Waals surface area contributed by atoms with Gasteiger partial charge in [0.05, 0.1) is 30.1 Å². The van der Waals surface area contributed by atoms with Gasteiger partial charge >= 0.3 is 0 Å². The van der Waals surface area contributed by atoms with Crippen LogP contribution in [0, 0.1) is 11.8 Å². The summed E-state index contributed by atoms with van der Waals surface area (Å²) in [4.78, 5) is 17.8. The summed E-state index contributed by atoms with van der Waals surface area (Å²) < 4.78 is 1.61. The molecule has 1 atom stereocenters. The van der Waals surface area contributed by atoms with Crippen molar-refractivity contribution in [3.8, 4) is 23.2 Å². The fourth-order valence-corrected chi connectivity index (χ4v) is 3.79. The minimum atomic E-state index is -1.48. The normalized spacial score (nSPS) is 14.2. The van der Waals surface area contributed by atoms with Gasteiger partial charge in [-0.25, -0.2) is 4.98 Å². The number of pyridine rings is 2. The predicted octanol–water partition coefficient (Wildman–Crippen LogP) is 2.54. The summed E-state index contributed by atoms with van der Waals surface area (Å²) in [5.41, 5.74) is 1.94. The average molecular weight is 360 g/mol. The van der Waals surface area contributed by atoms with Crippen LogP contribution in [0.25, 0.3) is 22.3 Å². The molecular formula is C22H20N2O3. The van der Waals surface area contributed by atoms with E-state index in [1.54, 1.807) is 24.5 Å². The molecule has 4 rings (SSSR count). The molecule has 0 fully saturated rings. The van der Waals surface area contributed by atoms with Gasteiger partial charge in [0, 0.05) is 22.1 Å². The maximum atomic E-state index is 13.1. The number of hydrogen-bond donors (Lipinski definition) is 2. The number of benzene rings is 1. The average Bonchev–Trinajstić information content (AvgIpc) is 3.04. The summed E-state index contributed by atoms with van der Waals surface area (Å²) in [6.07, 6.45) is 0.307. The van der Waals surface area contributed by atoms with Crippen LogP contribution in [0.15, 0.2) is 41.2 Å². The van der Waals surface area contributed by atoms with Gasteiger partial charge in [0.15, 0.2) is 5.60 Å². The van der Waals surface area contributed by atoms with Crippen molar-refractivity contribution in [2.75, 3.05) is 0 Å². The molecule has 27 heavy (non-hydrogen) atoms. The molecule has 1 aliphatic rings. The van der Waals surface area contributed by atoms with Crippen molar-refractivity contribution >= 4 is 10.9 Å². The van der Waals surface area contributed by atoms with Crippen LogP contribution in [-0.2, 0) is 18.8 Å². The van der Waals surface area contributed by atoms with E-state index in [0.717, 1.165) is 22.2 Å². The highest BCUT2D eigenvalue weighted by Gasteiger charge is 2.33. The molecule has 0 spiro atoms. The minimum Gasteiger partial charge on any atom is -0.391 e. The van der Waals surface area contributed by atoms with Gasteiger partial charge in [0.1, 0.15) is 0 Å². The molecule has 5 heteroatoms. The second-order valence-electron chi connectivity index (χ2n) is 6.75. The van der Waals surface area contributed by atoms with E-state index in [0.29, 0.717) is 24.2 Å². The number of para-hydroxylation sites is 1. The summed E-state index contributed by atoms with van der Waals surface area (Å²) in [5.74, 6) is 5.53. The highest BCUT2D eigenvalue weighted by molar-refractivity contribution is 5.84. The van der Waals surface area contributed by atoms with Crippen LogP contribution < -0.4 is 5.56 Å². The lowest BCUT2D eigenvalue weighted by Crippen LogP contribution is -2.32. The molecule has 1 aliphatic heterocycles. The zero-order chi connectivity index (χ0) is 19.2. The SMILES string of the molecule is CC#C[C@](O)(CC)c1cc2n(c(=O)c1CO)Cc1cc3ccccc3nc1-2. The van der Waals surface area contributed by atoms with Gasteiger partial charge in [-0.2, -0.15) is 0 Å². The zero-order valence-corrected chi connectivity index (χ0v) is 15.3. The number of aliphatic hydroxyl groups excluding tert-OH is 1.